The van der Waals surface area contributed by atoms with Gasteiger partial charge in [-0.05, 0) is 56.0 Å². The second kappa shape index (κ2) is 9.61. The van der Waals surface area contributed by atoms with Crippen molar-refractivity contribution in [3.8, 4) is 5.75 Å². The number of carbonyl (C=O) groups excluding carboxylic acids is 2. The molecule has 0 saturated heterocycles. The predicted octanol–water partition coefficient (Wildman–Crippen LogP) is 2.97. The van der Waals surface area contributed by atoms with E-state index in [-0.39, 0.29) is 12.5 Å². The van der Waals surface area contributed by atoms with Gasteiger partial charge in [0.15, 0.2) is 12.7 Å². The van der Waals surface area contributed by atoms with E-state index in [1.165, 1.54) is 11.1 Å². The zero-order valence-electron chi connectivity index (χ0n) is 15.5. The molecule has 0 spiro atoms. The number of rotatable bonds is 8. The third kappa shape index (κ3) is 6.24. The van der Waals surface area contributed by atoms with Crippen molar-refractivity contribution in [1.29, 1.82) is 0 Å². The standard InChI is InChI=1S/C21H25NO4/c1-15-7-6-10-19(13-15)26-17(3)21(24)25-14-20(23)22-12-11-18-9-5-4-8-16(18)2/h4-10,13,17H,11-12,14H2,1-3H3,(H,22,23)/t17-/m1/s1. The highest BCUT2D eigenvalue weighted by atomic mass is 16.6. The highest BCUT2D eigenvalue weighted by Gasteiger charge is 2.17. The maximum atomic E-state index is 11.9. The van der Waals surface area contributed by atoms with Gasteiger partial charge in [0.1, 0.15) is 5.75 Å². The number of nitrogens with one attached hydrogen (secondary N) is 1. The fourth-order valence-electron chi connectivity index (χ4n) is 2.47. The van der Waals surface area contributed by atoms with Gasteiger partial charge in [-0.25, -0.2) is 4.79 Å². The van der Waals surface area contributed by atoms with Crippen LogP contribution in [0.4, 0.5) is 0 Å². The highest BCUT2D eigenvalue weighted by molar-refractivity contribution is 5.82. The molecular formula is C21H25NO4. The van der Waals surface area contributed by atoms with Crippen molar-refractivity contribution in [3.05, 3.63) is 65.2 Å². The van der Waals surface area contributed by atoms with Crippen LogP contribution in [0.25, 0.3) is 0 Å². The van der Waals surface area contributed by atoms with Crippen LogP contribution in [0.5, 0.6) is 5.75 Å². The summed E-state index contributed by atoms with van der Waals surface area (Å²) in [6.45, 7) is 5.76. The SMILES string of the molecule is Cc1cccc(O[C@H](C)C(=O)OCC(=O)NCCc2ccccc2C)c1. The molecule has 0 aromatic heterocycles. The normalized spacial score (nSPS) is 11.5. The van der Waals surface area contributed by atoms with Gasteiger partial charge in [-0.3, -0.25) is 4.79 Å². The molecule has 0 radical (unpaired) electrons. The van der Waals surface area contributed by atoms with Gasteiger partial charge in [-0.1, -0.05) is 36.4 Å². The Morgan fingerprint density at radius 2 is 1.85 bits per heavy atom. The maximum Gasteiger partial charge on any atom is 0.347 e. The summed E-state index contributed by atoms with van der Waals surface area (Å²) in [5.41, 5.74) is 3.41. The Morgan fingerprint density at radius 1 is 1.08 bits per heavy atom. The Labute approximate surface area is 154 Å². The molecule has 5 heteroatoms. The molecule has 1 atom stereocenters. The lowest BCUT2D eigenvalue weighted by molar-refractivity contribution is -0.154. The number of hydrogen-bond acceptors (Lipinski definition) is 4. The lowest BCUT2D eigenvalue weighted by atomic mass is 10.1. The van der Waals surface area contributed by atoms with Gasteiger partial charge >= 0.3 is 5.97 Å². The summed E-state index contributed by atoms with van der Waals surface area (Å²) in [4.78, 5) is 23.8. The first-order chi connectivity index (χ1) is 12.5. The van der Waals surface area contributed by atoms with Crippen LogP contribution in [0.2, 0.25) is 0 Å². The third-order valence-corrected chi connectivity index (χ3v) is 3.96. The lowest BCUT2D eigenvalue weighted by Gasteiger charge is -2.14. The van der Waals surface area contributed by atoms with E-state index < -0.39 is 12.1 Å². The van der Waals surface area contributed by atoms with Crippen molar-refractivity contribution >= 4 is 11.9 Å². The molecule has 0 bridgehead atoms. The van der Waals surface area contributed by atoms with Gasteiger partial charge in [0.05, 0.1) is 0 Å². The summed E-state index contributed by atoms with van der Waals surface area (Å²) in [6.07, 6.45) is -0.0456. The molecule has 5 nitrogen and oxygen atoms in total. The summed E-state index contributed by atoms with van der Waals surface area (Å²) >= 11 is 0. The number of amides is 1. The molecule has 0 fully saturated rings. The highest BCUT2D eigenvalue weighted by Crippen LogP contribution is 2.14. The summed E-state index contributed by atoms with van der Waals surface area (Å²) in [5, 5.41) is 2.75. The van der Waals surface area contributed by atoms with E-state index in [0.29, 0.717) is 12.3 Å². The number of benzene rings is 2. The average Bonchev–Trinajstić information content (AvgIpc) is 2.61. The summed E-state index contributed by atoms with van der Waals surface area (Å²) in [7, 11) is 0. The quantitative estimate of drug-likeness (QED) is 0.740. The second-order valence-electron chi connectivity index (χ2n) is 6.21. The molecule has 2 aromatic carbocycles. The number of aryl methyl sites for hydroxylation is 2. The molecule has 0 aliphatic heterocycles. The van der Waals surface area contributed by atoms with E-state index in [1.54, 1.807) is 13.0 Å². The van der Waals surface area contributed by atoms with Gasteiger partial charge in [0.25, 0.3) is 5.91 Å². The van der Waals surface area contributed by atoms with E-state index in [1.807, 2.05) is 56.3 Å². The Hall–Kier alpha value is -2.82. The Balaban J connectivity index is 1.69. The first-order valence-corrected chi connectivity index (χ1v) is 8.67. The van der Waals surface area contributed by atoms with Crippen molar-refractivity contribution in [3.63, 3.8) is 0 Å². The maximum absolute atomic E-state index is 11.9. The van der Waals surface area contributed by atoms with Gasteiger partial charge in [-0.15, -0.1) is 0 Å². The van der Waals surface area contributed by atoms with Gasteiger partial charge < -0.3 is 14.8 Å². The molecule has 0 aliphatic carbocycles. The van der Waals surface area contributed by atoms with E-state index in [0.717, 1.165) is 12.0 Å². The van der Waals surface area contributed by atoms with Gasteiger partial charge in [0, 0.05) is 6.54 Å². The van der Waals surface area contributed by atoms with Crippen molar-refractivity contribution in [2.75, 3.05) is 13.2 Å². The molecular weight excluding hydrogens is 330 g/mol. The monoisotopic (exact) mass is 355 g/mol. The summed E-state index contributed by atoms with van der Waals surface area (Å²) in [5.74, 6) is -0.299. The van der Waals surface area contributed by atoms with Crippen LogP contribution >= 0.6 is 0 Å². The van der Waals surface area contributed by atoms with E-state index in [2.05, 4.69) is 5.32 Å². The van der Waals surface area contributed by atoms with Crippen molar-refractivity contribution in [1.82, 2.24) is 5.32 Å². The fraction of sp³-hybridized carbons (Fsp3) is 0.333. The number of ether oxygens (including phenoxy) is 2. The molecule has 2 aromatic rings. The van der Waals surface area contributed by atoms with Crippen LogP contribution in [-0.4, -0.2) is 31.1 Å². The first kappa shape index (κ1) is 19.5. The van der Waals surface area contributed by atoms with E-state index in [4.69, 9.17) is 9.47 Å². The number of hydrogen-bond donors (Lipinski definition) is 1. The van der Waals surface area contributed by atoms with Crippen LogP contribution in [0, 0.1) is 13.8 Å². The minimum Gasteiger partial charge on any atom is -0.479 e. The largest absolute Gasteiger partial charge is 0.479 e. The zero-order valence-corrected chi connectivity index (χ0v) is 15.5. The average molecular weight is 355 g/mol. The lowest BCUT2D eigenvalue weighted by Crippen LogP contribution is -2.33. The van der Waals surface area contributed by atoms with Crippen molar-refractivity contribution in [2.45, 2.75) is 33.3 Å². The molecule has 138 valence electrons. The van der Waals surface area contributed by atoms with Gasteiger partial charge in [0.2, 0.25) is 0 Å². The van der Waals surface area contributed by atoms with Crippen LogP contribution in [-0.2, 0) is 20.7 Å². The zero-order chi connectivity index (χ0) is 18.9. The van der Waals surface area contributed by atoms with E-state index in [9.17, 15) is 9.59 Å². The summed E-state index contributed by atoms with van der Waals surface area (Å²) < 4.78 is 10.6. The third-order valence-electron chi connectivity index (χ3n) is 3.96. The molecule has 0 saturated carbocycles. The van der Waals surface area contributed by atoms with Gasteiger partial charge in [-0.2, -0.15) is 0 Å². The number of carbonyl (C=O) groups is 2. The van der Waals surface area contributed by atoms with E-state index >= 15 is 0 Å². The Morgan fingerprint density at radius 3 is 2.58 bits per heavy atom. The second-order valence-corrected chi connectivity index (χ2v) is 6.21. The minimum atomic E-state index is -0.781. The molecule has 0 unspecified atom stereocenters. The summed E-state index contributed by atoms with van der Waals surface area (Å²) in [6, 6.07) is 15.4. The molecule has 0 aliphatic rings. The molecule has 26 heavy (non-hydrogen) atoms. The molecule has 1 N–H and O–H groups in total. The predicted molar refractivity (Wildman–Crippen MR) is 100 cm³/mol. The Kier molecular flexibility index (Phi) is 7.21. The van der Waals surface area contributed by atoms with Crippen LogP contribution < -0.4 is 10.1 Å². The fourth-order valence-corrected chi connectivity index (χ4v) is 2.47. The van der Waals surface area contributed by atoms with Crippen molar-refractivity contribution < 1.29 is 19.1 Å². The van der Waals surface area contributed by atoms with Crippen LogP contribution in [0.1, 0.15) is 23.6 Å². The molecule has 2 rings (SSSR count). The van der Waals surface area contributed by atoms with Crippen LogP contribution in [0.3, 0.4) is 0 Å². The first-order valence-electron chi connectivity index (χ1n) is 8.67. The molecule has 0 heterocycles. The topological polar surface area (TPSA) is 64.6 Å². The smallest absolute Gasteiger partial charge is 0.347 e. The van der Waals surface area contributed by atoms with Crippen LogP contribution in [0.15, 0.2) is 48.5 Å². The van der Waals surface area contributed by atoms with Crippen molar-refractivity contribution in [2.24, 2.45) is 0 Å². The Bertz CT molecular complexity index is 757. The minimum absolute atomic E-state index is 0.311. The molecule has 1 amide bonds. The number of esters is 1.